The molecule has 0 atom stereocenters. The average molecular weight is 426 g/mol. The molecule has 1 aliphatic heterocycles. The minimum atomic E-state index is -4.55. The normalized spacial score (nSPS) is 14.9. The van der Waals surface area contributed by atoms with E-state index in [2.05, 4.69) is 5.32 Å². The highest BCUT2D eigenvalue weighted by atomic mass is 32.2. The Labute approximate surface area is 167 Å². The highest BCUT2D eigenvalue weighted by Crippen LogP contribution is 2.36. The van der Waals surface area contributed by atoms with Crippen molar-refractivity contribution in [2.45, 2.75) is 30.8 Å². The minimum absolute atomic E-state index is 0.0305. The highest BCUT2D eigenvalue weighted by molar-refractivity contribution is 7.90. The molecule has 9 heteroatoms. The molecule has 1 heterocycles. The van der Waals surface area contributed by atoms with Gasteiger partial charge in [-0.05, 0) is 55.7 Å². The Balaban J connectivity index is 2.01. The van der Waals surface area contributed by atoms with Crippen LogP contribution in [0.5, 0.6) is 0 Å². The number of nitrogens with zero attached hydrogens (tertiary/aromatic N) is 1. The van der Waals surface area contributed by atoms with Crippen molar-refractivity contribution >= 4 is 27.1 Å². The zero-order chi connectivity index (χ0) is 21.4. The Morgan fingerprint density at radius 1 is 1.07 bits per heavy atom. The summed E-state index contributed by atoms with van der Waals surface area (Å²) in [5.41, 5.74) is 0.316. The second kappa shape index (κ2) is 7.70. The third-order valence-corrected chi connectivity index (χ3v) is 6.01. The molecule has 0 bridgehead atoms. The Hall–Kier alpha value is -2.55. The van der Waals surface area contributed by atoms with Gasteiger partial charge >= 0.3 is 6.18 Å². The molecule has 1 saturated heterocycles. The van der Waals surface area contributed by atoms with E-state index in [0.717, 1.165) is 31.2 Å². The van der Waals surface area contributed by atoms with E-state index in [0.29, 0.717) is 24.3 Å². The van der Waals surface area contributed by atoms with Crippen LogP contribution in [0.3, 0.4) is 0 Å². The van der Waals surface area contributed by atoms with Crippen LogP contribution in [-0.4, -0.2) is 33.7 Å². The molecule has 1 aliphatic rings. The summed E-state index contributed by atoms with van der Waals surface area (Å²) in [6.07, 6.45) is -1.68. The predicted molar refractivity (Wildman–Crippen MR) is 105 cm³/mol. The number of hydrogen-bond acceptors (Lipinski definition) is 4. The number of nitrogens with one attached hydrogen (secondary N) is 1. The van der Waals surface area contributed by atoms with E-state index >= 15 is 0 Å². The van der Waals surface area contributed by atoms with E-state index < -0.39 is 27.5 Å². The summed E-state index contributed by atoms with van der Waals surface area (Å²) in [5, 5.41) is 2.56. The molecular weight excluding hydrogens is 405 g/mol. The van der Waals surface area contributed by atoms with Crippen molar-refractivity contribution in [3.63, 3.8) is 0 Å². The molecule has 156 valence electrons. The molecule has 2 aromatic carbocycles. The molecule has 0 radical (unpaired) electrons. The number of alkyl halides is 3. The molecule has 1 N–H and O–H groups in total. The highest BCUT2D eigenvalue weighted by Gasteiger charge is 2.32. The van der Waals surface area contributed by atoms with Crippen LogP contribution < -0.4 is 10.2 Å². The van der Waals surface area contributed by atoms with Gasteiger partial charge in [0.05, 0.1) is 21.8 Å². The number of rotatable bonds is 4. The summed E-state index contributed by atoms with van der Waals surface area (Å²) in [6, 6.07) is 7.41. The first-order chi connectivity index (χ1) is 13.5. The van der Waals surface area contributed by atoms with Crippen molar-refractivity contribution in [2.24, 2.45) is 0 Å². The molecule has 0 aromatic heterocycles. The van der Waals surface area contributed by atoms with Crippen LogP contribution in [-0.2, 0) is 16.0 Å². The zero-order valence-electron chi connectivity index (χ0n) is 16.0. The number of amides is 1. The third kappa shape index (κ3) is 4.72. The Morgan fingerprint density at radius 2 is 1.72 bits per heavy atom. The lowest BCUT2D eigenvalue weighted by molar-refractivity contribution is -0.137. The van der Waals surface area contributed by atoms with E-state index in [1.165, 1.54) is 24.3 Å². The number of carbonyl (C=O) groups is 1. The number of anilines is 2. The summed E-state index contributed by atoms with van der Waals surface area (Å²) in [6.45, 7) is 3.02. The number of halogens is 3. The Morgan fingerprint density at radius 3 is 2.31 bits per heavy atom. The van der Waals surface area contributed by atoms with Gasteiger partial charge in [-0.25, -0.2) is 8.42 Å². The van der Waals surface area contributed by atoms with E-state index in [-0.39, 0.29) is 16.1 Å². The zero-order valence-corrected chi connectivity index (χ0v) is 16.8. The van der Waals surface area contributed by atoms with Crippen molar-refractivity contribution in [3.05, 3.63) is 53.1 Å². The van der Waals surface area contributed by atoms with Crippen molar-refractivity contribution in [2.75, 3.05) is 29.6 Å². The van der Waals surface area contributed by atoms with E-state index in [9.17, 15) is 26.4 Å². The number of aryl methyl sites for hydroxylation is 1. The van der Waals surface area contributed by atoms with Crippen LogP contribution in [0.1, 0.15) is 34.3 Å². The monoisotopic (exact) mass is 426 g/mol. The molecule has 2 aromatic rings. The van der Waals surface area contributed by atoms with E-state index in [1.54, 1.807) is 6.92 Å². The second-order valence-corrected chi connectivity index (χ2v) is 9.14. The third-order valence-electron chi connectivity index (χ3n) is 4.90. The fourth-order valence-electron chi connectivity index (χ4n) is 3.31. The lowest BCUT2D eigenvalue weighted by Crippen LogP contribution is -2.22. The Kier molecular flexibility index (Phi) is 5.62. The molecule has 0 aliphatic carbocycles. The molecule has 3 rings (SSSR count). The number of sulfone groups is 1. The lowest BCUT2D eigenvalue weighted by atomic mass is 10.1. The van der Waals surface area contributed by atoms with Crippen LogP contribution in [0.15, 0.2) is 41.3 Å². The van der Waals surface area contributed by atoms with Crippen molar-refractivity contribution in [1.82, 2.24) is 0 Å². The van der Waals surface area contributed by atoms with E-state index in [1.807, 2.05) is 4.90 Å². The molecule has 0 saturated carbocycles. The molecular formula is C20H21F3N2O3S. The minimum Gasteiger partial charge on any atom is -0.370 e. The maximum absolute atomic E-state index is 13.2. The molecule has 29 heavy (non-hydrogen) atoms. The number of benzene rings is 2. The fraction of sp³-hybridized carbons (Fsp3) is 0.350. The molecule has 0 unspecified atom stereocenters. The van der Waals surface area contributed by atoms with Gasteiger partial charge < -0.3 is 10.2 Å². The van der Waals surface area contributed by atoms with Gasteiger partial charge in [-0.1, -0.05) is 6.07 Å². The summed E-state index contributed by atoms with van der Waals surface area (Å²) in [7, 11) is -3.53. The summed E-state index contributed by atoms with van der Waals surface area (Å²) in [5.74, 6) is -0.659. The van der Waals surface area contributed by atoms with Crippen LogP contribution in [0.25, 0.3) is 0 Å². The summed E-state index contributed by atoms with van der Waals surface area (Å²) < 4.78 is 63.2. The van der Waals surface area contributed by atoms with Crippen LogP contribution in [0.2, 0.25) is 0 Å². The quantitative estimate of drug-likeness (QED) is 0.793. The largest absolute Gasteiger partial charge is 0.416 e. The van der Waals surface area contributed by atoms with E-state index in [4.69, 9.17) is 0 Å². The van der Waals surface area contributed by atoms with Crippen molar-refractivity contribution < 1.29 is 26.4 Å². The first kappa shape index (κ1) is 21.2. The standard InChI is InChI=1S/C20H21F3N2O3S/c1-13-5-7-15(29(2,27)28)12-16(13)19(26)24-17-11-14(20(21,22)23)6-8-18(17)25-9-3-4-10-25/h5-8,11-12H,3-4,9-10H2,1-2H3,(H,24,26). The van der Waals surface area contributed by atoms with Crippen molar-refractivity contribution in [1.29, 1.82) is 0 Å². The van der Waals surface area contributed by atoms with Gasteiger partial charge in [-0.15, -0.1) is 0 Å². The van der Waals surface area contributed by atoms with Gasteiger partial charge in [0.25, 0.3) is 5.91 Å². The van der Waals surface area contributed by atoms with Gasteiger partial charge in [0.15, 0.2) is 9.84 Å². The maximum atomic E-state index is 13.2. The second-order valence-electron chi connectivity index (χ2n) is 7.13. The fourth-order valence-corrected chi connectivity index (χ4v) is 3.96. The molecule has 5 nitrogen and oxygen atoms in total. The van der Waals surface area contributed by atoms with Gasteiger partial charge in [0.2, 0.25) is 0 Å². The first-order valence-corrected chi connectivity index (χ1v) is 10.9. The molecule has 0 spiro atoms. The number of carbonyl (C=O) groups excluding carboxylic acids is 1. The predicted octanol–water partition coefficient (Wildman–Crippen LogP) is 4.27. The van der Waals surface area contributed by atoms with Gasteiger partial charge in [0.1, 0.15) is 0 Å². The molecule has 1 amide bonds. The number of hydrogen-bond donors (Lipinski definition) is 1. The van der Waals surface area contributed by atoms with Crippen LogP contribution in [0.4, 0.5) is 24.5 Å². The van der Waals surface area contributed by atoms with Gasteiger partial charge in [-0.2, -0.15) is 13.2 Å². The van der Waals surface area contributed by atoms with Crippen molar-refractivity contribution in [3.8, 4) is 0 Å². The smallest absolute Gasteiger partial charge is 0.370 e. The lowest BCUT2D eigenvalue weighted by Gasteiger charge is -2.23. The maximum Gasteiger partial charge on any atom is 0.416 e. The van der Waals surface area contributed by atoms with Crippen LogP contribution >= 0.6 is 0 Å². The molecule has 1 fully saturated rings. The Bertz CT molecular complexity index is 1040. The SMILES string of the molecule is Cc1ccc(S(C)(=O)=O)cc1C(=O)Nc1cc(C(F)(F)F)ccc1N1CCCC1. The van der Waals surface area contributed by atoms with Gasteiger partial charge in [-0.3, -0.25) is 4.79 Å². The average Bonchev–Trinajstić information content (AvgIpc) is 3.14. The first-order valence-electron chi connectivity index (χ1n) is 9.05. The topological polar surface area (TPSA) is 66.5 Å². The summed E-state index contributed by atoms with van der Waals surface area (Å²) >= 11 is 0. The van der Waals surface area contributed by atoms with Crippen LogP contribution in [0, 0.1) is 6.92 Å². The van der Waals surface area contributed by atoms with Gasteiger partial charge in [0, 0.05) is 24.9 Å². The summed E-state index contributed by atoms with van der Waals surface area (Å²) in [4.78, 5) is 14.7.